The summed E-state index contributed by atoms with van der Waals surface area (Å²) in [4.78, 5) is 0. The summed E-state index contributed by atoms with van der Waals surface area (Å²) >= 11 is 0. The quantitative estimate of drug-likeness (QED) is 0.614. The first-order valence-electron chi connectivity index (χ1n) is 5.69. The van der Waals surface area contributed by atoms with Crippen molar-refractivity contribution in [3.63, 3.8) is 0 Å². The highest BCUT2D eigenvalue weighted by Gasteiger charge is 2.43. The average Bonchev–Trinajstić information content (AvgIpc) is 2.42. The summed E-state index contributed by atoms with van der Waals surface area (Å²) in [6, 6.07) is 6.78. The lowest BCUT2D eigenvalue weighted by Crippen LogP contribution is -2.28. The van der Waals surface area contributed by atoms with Crippen LogP contribution in [0.3, 0.4) is 0 Å². The van der Waals surface area contributed by atoms with Crippen molar-refractivity contribution in [1.29, 1.82) is 0 Å². The summed E-state index contributed by atoms with van der Waals surface area (Å²) in [6.07, 6.45) is 1.17. The van der Waals surface area contributed by atoms with Crippen LogP contribution in [-0.2, 0) is 5.41 Å². The maximum atomic E-state index is 2.35. The standard InChI is InChI=1S/C14H20N/c1-6-14(4)11(3)15(5)13-8-7-10(2)9-12(13)14/h7-9H,6H2,1-5H3/q+1. The first-order chi connectivity index (χ1) is 7.00. The Labute approximate surface area is 92.5 Å². The van der Waals surface area contributed by atoms with E-state index in [0.717, 1.165) is 0 Å². The first-order valence-corrected chi connectivity index (χ1v) is 5.69. The molecule has 1 unspecified atom stereocenters. The van der Waals surface area contributed by atoms with Gasteiger partial charge in [-0.3, -0.25) is 0 Å². The predicted molar refractivity (Wildman–Crippen MR) is 65.3 cm³/mol. The third-order valence-electron chi connectivity index (χ3n) is 4.12. The normalized spacial score (nSPS) is 24.6. The second kappa shape index (κ2) is 3.19. The summed E-state index contributed by atoms with van der Waals surface area (Å²) in [5.41, 5.74) is 5.92. The molecule has 1 aliphatic rings. The highest BCUT2D eigenvalue weighted by Crippen LogP contribution is 2.41. The molecule has 2 rings (SSSR count). The average molecular weight is 202 g/mol. The molecule has 1 atom stereocenters. The topological polar surface area (TPSA) is 3.01 Å². The largest absolute Gasteiger partial charge is 0.209 e. The van der Waals surface area contributed by atoms with Gasteiger partial charge in [0.15, 0.2) is 5.71 Å². The van der Waals surface area contributed by atoms with Crippen molar-refractivity contribution in [3.8, 4) is 0 Å². The van der Waals surface area contributed by atoms with Crippen LogP contribution in [0.25, 0.3) is 0 Å². The molecule has 0 aliphatic carbocycles. The number of fused-ring (bicyclic) bond motifs is 1. The van der Waals surface area contributed by atoms with Crippen LogP contribution >= 0.6 is 0 Å². The minimum absolute atomic E-state index is 0.232. The number of benzene rings is 1. The number of nitrogens with zero attached hydrogens (tertiary/aromatic N) is 1. The fourth-order valence-electron chi connectivity index (χ4n) is 2.58. The number of hydrogen-bond donors (Lipinski definition) is 0. The number of aryl methyl sites for hydroxylation is 1. The summed E-state index contributed by atoms with van der Waals surface area (Å²) in [5.74, 6) is 0. The Bertz CT molecular complexity index is 443. The molecule has 0 N–H and O–H groups in total. The fourth-order valence-corrected chi connectivity index (χ4v) is 2.58. The summed E-state index contributed by atoms with van der Waals surface area (Å²) in [5, 5.41) is 0. The second-order valence-electron chi connectivity index (χ2n) is 4.85. The minimum atomic E-state index is 0.232. The number of hydrogen-bond acceptors (Lipinski definition) is 0. The van der Waals surface area contributed by atoms with Gasteiger partial charge in [-0.15, -0.1) is 0 Å². The monoisotopic (exact) mass is 202 g/mol. The molecule has 1 aliphatic heterocycles. The zero-order valence-corrected chi connectivity index (χ0v) is 10.4. The molecule has 0 aromatic heterocycles. The second-order valence-corrected chi connectivity index (χ2v) is 4.85. The molecule has 15 heavy (non-hydrogen) atoms. The molecule has 1 aromatic rings. The molecule has 1 nitrogen and oxygen atoms in total. The molecule has 1 aromatic carbocycles. The third-order valence-corrected chi connectivity index (χ3v) is 4.12. The highest BCUT2D eigenvalue weighted by molar-refractivity contribution is 5.93. The van der Waals surface area contributed by atoms with Gasteiger partial charge in [-0.05, 0) is 26.3 Å². The maximum absolute atomic E-state index is 2.35. The molecule has 0 saturated carbocycles. The Balaban J connectivity index is 2.71. The van der Waals surface area contributed by atoms with Crippen molar-refractivity contribution < 1.29 is 4.58 Å². The van der Waals surface area contributed by atoms with Crippen LogP contribution in [-0.4, -0.2) is 17.3 Å². The summed E-state index contributed by atoms with van der Waals surface area (Å²) in [6.45, 7) is 9.04. The van der Waals surface area contributed by atoms with Crippen LogP contribution in [0, 0.1) is 6.92 Å². The lowest BCUT2D eigenvalue weighted by atomic mass is 9.77. The van der Waals surface area contributed by atoms with E-state index in [4.69, 9.17) is 0 Å². The molecule has 0 spiro atoms. The van der Waals surface area contributed by atoms with Gasteiger partial charge in [0.2, 0.25) is 5.69 Å². The molecular formula is C14H20N+. The molecule has 0 fully saturated rings. The predicted octanol–water partition coefficient (Wildman–Crippen LogP) is 3.41. The molecule has 0 amide bonds. The van der Waals surface area contributed by atoms with E-state index in [1.807, 2.05) is 0 Å². The third kappa shape index (κ3) is 1.26. The fraction of sp³-hybridized carbons (Fsp3) is 0.500. The molecule has 0 saturated heterocycles. The summed E-state index contributed by atoms with van der Waals surface area (Å²) in [7, 11) is 2.17. The number of rotatable bonds is 1. The van der Waals surface area contributed by atoms with E-state index in [1.54, 1.807) is 0 Å². The van der Waals surface area contributed by atoms with Crippen LogP contribution in [0.1, 0.15) is 38.3 Å². The van der Waals surface area contributed by atoms with Gasteiger partial charge in [-0.1, -0.05) is 18.6 Å². The molecule has 1 heteroatoms. The zero-order chi connectivity index (χ0) is 11.2. The van der Waals surface area contributed by atoms with Crippen molar-refractivity contribution in [3.05, 3.63) is 29.3 Å². The molecule has 1 heterocycles. The van der Waals surface area contributed by atoms with Gasteiger partial charge in [0.25, 0.3) is 0 Å². The van der Waals surface area contributed by atoms with Crippen molar-refractivity contribution in [2.45, 2.75) is 39.5 Å². The highest BCUT2D eigenvalue weighted by atomic mass is 15.0. The van der Waals surface area contributed by atoms with Gasteiger partial charge < -0.3 is 0 Å². The van der Waals surface area contributed by atoms with Crippen molar-refractivity contribution in [2.24, 2.45) is 0 Å². The van der Waals surface area contributed by atoms with Crippen LogP contribution in [0.2, 0.25) is 0 Å². The van der Waals surface area contributed by atoms with E-state index in [2.05, 4.69) is 57.5 Å². The maximum Gasteiger partial charge on any atom is 0.209 e. The minimum Gasteiger partial charge on any atom is -0.202 e. The lowest BCUT2D eigenvalue weighted by molar-refractivity contribution is -0.403. The van der Waals surface area contributed by atoms with Crippen LogP contribution in [0.5, 0.6) is 0 Å². The first kappa shape index (κ1) is 10.4. The van der Waals surface area contributed by atoms with Gasteiger partial charge in [0.1, 0.15) is 7.05 Å². The van der Waals surface area contributed by atoms with Gasteiger partial charge in [0.05, 0.1) is 5.41 Å². The van der Waals surface area contributed by atoms with Crippen LogP contribution in [0.15, 0.2) is 18.2 Å². The molecule has 0 bridgehead atoms. The Morgan fingerprint density at radius 3 is 2.53 bits per heavy atom. The molecule has 0 radical (unpaired) electrons. The Morgan fingerprint density at radius 2 is 1.93 bits per heavy atom. The summed E-state index contributed by atoms with van der Waals surface area (Å²) < 4.78 is 2.33. The van der Waals surface area contributed by atoms with Crippen LogP contribution < -0.4 is 0 Å². The van der Waals surface area contributed by atoms with E-state index in [9.17, 15) is 0 Å². The molecular weight excluding hydrogens is 182 g/mol. The lowest BCUT2D eigenvalue weighted by Gasteiger charge is -2.19. The Hall–Kier alpha value is -1.11. The Kier molecular flexibility index (Phi) is 2.22. The van der Waals surface area contributed by atoms with E-state index in [1.165, 1.54) is 28.9 Å². The van der Waals surface area contributed by atoms with E-state index < -0.39 is 0 Å². The van der Waals surface area contributed by atoms with Gasteiger partial charge in [-0.2, -0.15) is 0 Å². The van der Waals surface area contributed by atoms with Gasteiger partial charge >= 0.3 is 0 Å². The SMILES string of the molecule is CCC1(C)C(C)=[N+](C)c2ccc(C)cc21. The smallest absolute Gasteiger partial charge is 0.202 e. The van der Waals surface area contributed by atoms with Crippen molar-refractivity contribution in [1.82, 2.24) is 0 Å². The van der Waals surface area contributed by atoms with Crippen LogP contribution in [0.4, 0.5) is 5.69 Å². The van der Waals surface area contributed by atoms with Gasteiger partial charge in [0, 0.05) is 18.6 Å². The Morgan fingerprint density at radius 1 is 1.27 bits per heavy atom. The zero-order valence-electron chi connectivity index (χ0n) is 10.4. The molecule has 80 valence electrons. The van der Waals surface area contributed by atoms with E-state index in [-0.39, 0.29) is 5.41 Å². The van der Waals surface area contributed by atoms with Crippen molar-refractivity contribution >= 4 is 11.4 Å². The van der Waals surface area contributed by atoms with Crippen molar-refractivity contribution in [2.75, 3.05) is 7.05 Å². The van der Waals surface area contributed by atoms with E-state index in [0.29, 0.717) is 0 Å². The van der Waals surface area contributed by atoms with Gasteiger partial charge in [-0.25, -0.2) is 4.58 Å². The van der Waals surface area contributed by atoms with E-state index >= 15 is 0 Å².